The quantitative estimate of drug-likeness (QED) is 0.864. The van der Waals surface area contributed by atoms with Crippen molar-refractivity contribution in [2.24, 2.45) is 0 Å². The van der Waals surface area contributed by atoms with Gasteiger partial charge in [-0.05, 0) is 43.5 Å². The number of piperidine rings is 1. The molecule has 2 heterocycles. The topological polar surface area (TPSA) is 73.0 Å². The van der Waals surface area contributed by atoms with Crippen molar-refractivity contribution in [3.63, 3.8) is 0 Å². The first-order valence-corrected chi connectivity index (χ1v) is 9.40. The van der Waals surface area contributed by atoms with Crippen molar-refractivity contribution in [2.75, 3.05) is 45.8 Å². The zero-order valence-electron chi connectivity index (χ0n) is 15.3. The third kappa shape index (κ3) is 4.96. The lowest BCUT2D eigenvalue weighted by atomic mass is 10.1. The first-order valence-electron chi connectivity index (χ1n) is 9.40. The fourth-order valence-corrected chi connectivity index (χ4v) is 3.40. The molecule has 2 saturated heterocycles. The van der Waals surface area contributed by atoms with Crippen molar-refractivity contribution in [1.29, 1.82) is 0 Å². The summed E-state index contributed by atoms with van der Waals surface area (Å²) < 4.78 is 12.9. The number of hydrogen-bond acceptors (Lipinski definition) is 3. The summed E-state index contributed by atoms with van der Waals surface area (Å²) in [6, 6.07) is 5.22. The maximum Gasteiger partial charge on any atom is 0.320 e. The molecular weight excluding hydrogens is 351 g/mol. The van der Waals surface area contributed by atoms with Crippen LogP contribution in [0.15, 0.2) is 24.3 Å². The van der Waals surface area contributed by atoms with Gasteiger partial charge in [-0.2, -0.15) is 0 Å². The van der Waals surface area contributed by atoms with Crippen LogP contribution in [0.4, 0.5) is 9.18 Å². The molecule has 3 rings (SSSR count). The zero-order valence-corrected chi connectivity index (χ0v) is 15.3. The monoisotopic (exact) mass is 376 g/mol. The summed E-state index contributed by atoms with van der Waals surface area (Å²) in [5, 5.41) is 2.56. The van der Waals surface area contributed by atoms with Crippen LogP contribution in [-0.4, -0.2) is 78.4 Å². The average Bonchev–Trinajstić information content (AvgIpc) is 2.72. The molecule has 146 valence electrons. The summed E-state index contributed by atoms with van der Waals surface area (Å²) in [5.74, 6) is -1.02. The highest BCUT2D eigenvalue weighted by molar-refractivity contribution is 5.96. The number of urea groups is 1. The molecule has 0 bridgehead atoms. The van der Waals surface area contributed by atoms with Gasteiger partial charge in [-0.1, -0.05) is 0 Å². The molecule has 1 N–H and O–H groups in total. The molecule has 7 nitrogen and oxygen atoms in total. The summed E-state index contributed by atoms with van der Waals surface area (Å²) in [4.78, 5) is 42.1. The minimum atomic E-state index is -0.417. The van der Waals surface area contributed by atoms with Crippen LogP contribution in [0.25, 0.3) is 0 Å². The Morgan fingerprint density at radius 3 is 2.00 bits per heavy atom. The van der Waals surface area contributed by atoms with Crippen LogP contribution < -0.4 is 5.32 Å². The van der Waals surface area contributed by atoms with Gasteiger partial charge in [0.15, 0.2) is 0 Å². The van der Waals surface area contributed by atoms with Crippen LogP contribution in [0.3, 0.4) is 0 Å². The van der Waals surface area contributed by atoms with Gasteiger partial charge in [-0.25, -0.2) is 9.18 Å². The van der Waals surface area contributed by atoms with Gasteiger partial charge in [-0.3, -0.25) is 9.59 Å². The molecular formula is C19H25FN4O3. The van der Waals surface area contributed by atoms with Crippen LogP contribution in [0.2, 0.25) is 0 Å². The molecule has 4 amide bonds. The van der Waals surface area contributed by atoms with Crippen molar-refractivity contribution in [1.82, 2.24) is 20.0 Å². The Morgan fingerprint density at radius 1 is 0.815 bits per heavy atom. The van der Waals surface area contributed by atoms with Crippen LogP contribution in [-0.2, 0) is 4.79 Å². The van der Waals surface area contributed by atoms with Gasteiger partial charge >= 0.3 is 6.03 Å². The summed E-state index contributed by atoms with van der Waals surface area (Å²) in [6.45, 7) is 3.45. The zero-order chi connectivity index (χ0) is 19.2. The molecule has 0 aromatic heterocycles. The molecule has 2 aliphatic rings. The van der Waals surface area contributed by atoms with Gasteiger partial charge in [0.1, 0.15) is 5.82 Å². The Hall–Kier alpha value is -2.64. The Morgan fingerprint density at radius 2 is 1.37 bits per heavy atom. The standard InChI is InChI=1S/C19H25FN4O3/c20-16-6-4-15(5-7-16)18(26)21-14-17(25)22-10-12-24(13-11-22)19(27)23-8-2-1-3-9-23/h4-7H,1-3,8-14H2,(H,21,26). The summed E-state index contributed by atoms with van der Waals surface area (Å²) in [7, 11) is 0. The molecule has 1 aromatic rings. The van der Waals surface area contributed by atoms with E-state index in [0.29, 0.717) is 31.7 Å². The molecule has 0 spiro atoms. The maximum atomic E-state index is 12.9. The lowest BCUT2D eigenvalue weighted by molar-refractivity contribution is -0.131. The second kappa shape index (κ2) is 8.83. The third-order valence-corrected chi connectivity index (χ3v) is 5.04. The highest BCUT2D eigenvalue weighted by Crippen LogP contribution is 2.13. The second-order valence-electron chi connectivity index (χ2n) is 6.89. The first kappa shape index (κ1) is 19.1. The van der Waals surface area contributed by atoms with Crippen molar-refractivity contribution in [3.05, 3.63) is 35.6 Å². The average molecular weight is 376 g/mol. The summed E-state index contributed by atoms with van der Waals surface area (Å²) in [5.41, 5.74) is 0.307. The largest absolute Gasteiger partial charge is 0.343 e. The van der Waals surface area contributed by atoms with Gasteiger partial charge in [0.05, 0.1) is 6.54 Å². The molecule has 0 radical (unpaired) electrons. The first-order chi connectivity index (χ1) is 13.0. The number of rotatable bonds is 3. The minimum Gasteiger partial charge on any atom is -0.343 e. The van der Waals surface area contributed by atoms with Gasteiger partial charge in [0, 0.05) is 44.8 Å². The van der Waals surface area contributed by atoms with E-state index in [1.807, 2.05) is 4.90 Å². The van der Waals surface area contributed by atoms with E-state index in [1.165, 1.54) is 30.7 Å². The normalized spacial score (nSPS) is 17.6. The van der Waals surface area contributed by atoms with Crippen molar-refractivity contribution < 1.29 is 18.8 Å². The van der Waals surface area contributed by atoms with Gasteiger partial charge in [0.25, 0.3) is 5.91 Å². The number of hydrogen-bond donors (Lipinski definition) is 1. The van der Waals surface area contributed by atoms with E-state index in [0.717, 1.165) is 25.9 Å². The van der Waals surface area contributed by atoms with E-state index < -0.39 is 11.7 Å². The molecule has 8 heteroatoms. The molecule has 0 unspecified atom stereocenters. The SMILES string of the molecule is O=C(NCC(=O)N1CCN(C(=O)N2CCCCC2)CC1)c1ccc(F)cc1. The summed E-state index contributed by atoms with van der Waals surface area (Å²) >= 11 is 0. The molecule has 1 aromatic carbocycles. The van der Waals surface area contributed by atoms with Crippen molar-refractivity contribution in [2.45, 2.75) is 19.3 Å². The minimum absolute atomic E-state index is 0.0615. The molecule has 2 aliphatic heterocycles. The summed E-state index contributed by atoms with van der Waals surface area (Å²) in [6.07, 6.45) is 3.28. The van der Waals surface area contributed by atoms with Gasteiger partial charge < -0.3 is 20.0 Å². The number of likely N-dealkylation sites (tertiary alicyclic amines) is 1. The third-order valence-electron chi connectivity index (χ3n) is 5.04. The van der Waals surface area contributed by atoms with Gasteiger partial charge in [-0.15, -0.1) is 0 Å². The smallest absolute Gasteiger partial charge is 0.320 e. The molecule has 2 fully saturated rings. The number of nitrogens with one attached hydrogen (secondary N) is 1. The Labute approximate surface area is 158 Å². The van der Waals surface area contributed by atoms with Crippen LogP contribution in [0.1, 0.15) is 29.6 Å². The number of nitrogens with zero attached hydrogens (tertiary/aromatic N) is 3. The van der Waals surface area contributed by atoms with E-state index >= 15 is 0 Å². The Balaban J connectivity index is 1.42. The number of benzene rings is 1. The predicted octanol–water partition coefficient (Wildman–Crippen LogP) is 1.31. The van der Waals surface area contributed by atoms with Crippen molar-refractivity contribution in [3.8, 4) is 0 Å². The second-order valence-corrected chi connectivity index (χ2v) is 6.89. The fraction of sp³-hybridized carbons (Fsp3) is 0.526. The highest BCUT2D eigenvalue weighted by atomic mass is 19.1. The predicted molar refractivity (Wildman–Crippen MR) is 97.7 cm³/mol. The van der Waals surface area contributed by atoms with E-state index in [9.17, 15) is 18.8 Å². The van der Waals surface area contributed by atoms with Crippen molar-refractivity contribution >= 4 is 17.8 Å². The van der Waals surface area contributed by atoms with Crippen LogP contribution >= 0.6 is 0 Å². The van der Waals surface area contributed by atoms with E-state index in [4.69, 9.17) is 0 Å². The lowest BCUT2D eigenvalue weighted by Gasteiger charge is -2.38. The number of amides is 4. The number of carbonyl (C=O) groups excluding carboxylic acids is 3. The van der Waals surface area contributed by atoms with E-state index in [2.05, 4.69) is 5.32 Å². The van der Waals surface area contributed by atoms with Crippen LogP contribution in [0.5, 0.6) is 0 Å². The molecule has 0 atom stereocenters. The lowest BCUT2D eigenvalue weighted by Crippen LogP contribution is -2.55. The fourth-order valence-electron chi connectivity index (χ4n) is 3.40. The molecule has 27 heavy (non-hydrogen) atoms. The highest BCUT2D eigenvalue weighted by Gasteiger charge is 2.27. The van der Waals surface area contributed by atoms with E-state index in [-0.39, 0.29) is 18.5 Å². The number of carbonyl (C=O) groups is 3. The Kier molecular flexibility index (Phi) is 6.26. The number of halogens is 1. The van der Waals surface area contributed by atoms with E-state index in [1.54, 1.807) is 9.80 Å². The molecule has 0 aliphatic carbocycles. The van der Waals surface area contributed by atoms with Crippen LogP contribution in [0, 0.1) is 5.82 Å². The van der Waals surface area contributed by atoms with Gasteiger partial charge in [0.2, 0.25) is 5.91 Å². The maximum absolute atomic E-state index is 12.9. The molecule has 0 saturated carbocycles. The number of piperazine rings is 1. The Bertz CT molecular complexity index is 681.